The smallest absolute Gasteiger partial charge is 0.0433 e. The maximum Gasteiger partial charge on any atom is 0.0433 e. The summed E-state index contributed by atoms with van der Waals surface area (Å²) in [5.74, 6) is 0.585. The van der Waals surface area contributed by atoms with Gasteiger partial charge in [0.1, 0.15) is 0 Å². The van der Waals surface area contributed by atoms with E-state index in [0.29, 0.717) is 5.92 Å². The third-order valence-electron chi connectivity index (χ3n) is 6.81. The minimum Gasteiger partial charge on any atom is -0.134 e. The molecule has 0 saturated heterocycles. The maximum absolute atomic E-state index is 2.41. The van der Waals surface area contributed by atoms with E-state index in [1.165, 1.54) is 65.5 Å². The first kappa shape index (κ1) is 17.9. The van der Waals surface area contributed by atoms with E-state index in [1.807, 2.05) is 11.3 Å². The third kappa shape index (κ3) is 2.58. The van der Waals surface area contributed by atoms with Crippen molar-refractivity contribution in [2.45, 2.75) is 32.6 Å². The van der Waals surface area contributed by atoms with Gasteiger partial charge >= 0.3 is 0 Å². The van der Waals surface area contributed by atoms with E-state index in [9.17, 15) is 0 Å². The summed E-state index contributed by atoms with van der Waals surface area (Å²) in [5.41, 5.74) is 9.87. The summed E-state index contributed by atoms with van der Waals surface area (Å²) >= 11 is 1.97. The largest absolute Gasteiger partial charge is 0.134 e. The lowest BCUT2D eigenvalue weighted by Gasteiger charge is -2.09. The lowest BCUT2D eigenvalue weighted by molar-refractivity contribution is 0.740. The molecule has 5 aromatic rings. The summed E-state index contributed by atoms with van der Waals surface area (Å²) in [4.78, 5) is 0. The van der Waals surface area contributed by atoms with Gasteiger partial charge in [-0.3, -0.25) is 0 Å². The second-order valence-corrected chi connectivity index (χ2v) is 9.54. The minimum atomic E-state index is 0.585. The topological polar surface area (TPSA) is 0 Å². The van der Waals surface area contributed by atoms with E-state index in [2.05, 4.69) is 92.7 Å². The van der Waals surface area contributed by atoms with Gasteiger partial charge in [-0.25, -0.2) is 0 Å². The molecule has 146 valence electrons. The molecule has 0 saturated carbocycles. The van der Waals surface area contributed by atoms with Crippen LogP contribution in [0.1, 0.15) is 42.9 Å². The van der Waals surface area contributed by atoms with Gasteiger partial charge in [0.25, 0.3) is 0 Å². The predicted molar refractivity (Wildman–Crippen MR) is 132 cm³/mol. The molecule has 0 nitrogen and oxygen atoms in total. The molecular weight excluding hydrogens is 380 g/mol. The molecule has 1 aromatic heterocycles. The molecule has 30 heavy (non-hydrogen) atoms. The zero-order chi connectivity index (χ0) is 20.2. The lowest BCUT2D eigenvalue weighted by Crippen LogP contribution is -1.90. The Kier molecular flexibility index (Phi) is 4.07. The van der Waals surface area contributed by atoms with Crippen LogP contribution >= 0.6 is 11.3 Å². The average Bonchev–Trinajstić information content (AvgIpc) is 3.36. The van der Waals surface area contributed by atoms with Gasteiger partial charge in [0.15, 0.2) is 0 Å². The van der Waals surface area contributed by atoms with E-state index in [4.69, 9.17) is 0 Å². The molecule has 0 bridgehead atoms. The Bertz CT molecular complexity index is 1420. The quantitative estimate of drug-likeness (QED) is 0.276. The van der Waals surface area contributed by atoms with Crippen LogP contribution < -0.4 is 0 Å². The molecule has 1 heterocycles. The van der Waals surface area contributed by atoms with Gasteiger partial charge in [-0.2, -0.15) is 0 Å². The van der Waals surface area contributed by atoms with E-state index < -0.39 is 0 Å². The van der Waals surface area contributed by atoms with Crippen molar-refractivity contribution in [1.29, 1.82) is 0 Å². The Hall–Kier alpha value is -2.90. The molecule has 0 amide bonds. The predicted octanol–water partition coefficient (Wildman–Crippen LogP) is 8.81. The Morgan fingerprint density at radius 2 is 1.47 bits per heavy atom. The monoisotopic (exact) mass is 404 g/mol. The SMILES string of the molecule is CCC(C)c1cccc2c1sc1c(-c3ccc4c(c3)-c3ccccc3C4)cccc12. The van der Waals surface area contributed by atoms with Crippen LogP contribution in [0.3, 0.4) is 0 Å². The van der Waals surface area contributed by atoms with Crippen LogP contribution in [0.25, 0.3) is 42.4 Å². The summed E-state index contributed by atoms with van der Waals surface area (Å²) in [6.07, 6.45) is 2.22. The Labute approximate surface area is 181 Å². The third-order valence-corrected chi connectivity index (χ3v) is 8.11. The van der Waals surface area contributed by atoms with Crippen LogP contribution in [0.4, 0.5) is 0 Å². The lowest BCUT2D eigenvalue weighted by atomic mass is 9.95. The zero-order valence-electron chi connectivity index (χ0n) is 17.4. The summed E-state index contributed by atoms with van der Waals surface area (Å²) in [6, 6.07) is 29.6. The highest BCUT2D eigenvalue weighted by atomic mass is 32.1. The number of hydrogen-bond acceptors (Lipinski definition) is 1. The van der Waals surface area contributed by atoms with E-state index in [1.54, 1.807) is 0 Å². The van der Waals surface area contributed by atoms with Gasteiger partial charge in [0.2, 0.25) is 0 Å². The van der Waals surface area contributed by atoms with Crippen molar-refractivity contribution in [2.75, 3.05) is 0 Å². The van der Waals surface area contributed by atoms with Gasteiger partial charge in [0, 0.05) is 20.2 Å². The second kappa shape index (κ2) is 6.82. The normalized spacial score (nSPS) is 13.5. The Morgan fingerprint density at radius 3 is 2.33 bits per heavy atom. The highest BCUT2D eigenvalue weighted by molar-refractivity contribution is 7.26. The molecule has 0 fully saturated rings. The number of hydrogen-bond donors (Lipinski definition) is 0. The van der Waals surface area contributed by atoms with E-state index in [-0.39, 0.29) is 0 Å². The van der Waals surface area contributed by atoms with Crippen molar-refractivity contribution < 1.29 is 0 Å². The molecule has 1 atom stereocenters. The first-order valence-electron chi connectivity index (χ1n) is 10.9. The van der Waals surface area contributed by atoms with Crippen LogP contribution in [-0.2, 0) is 6.42 Å². The average molecular weight is 405 g/mol. The summed E-state index contributed by atoms with van der Waals surface area (Å²) in [6.45, 7) is 4.63. The fourth-order valence-corrected chi connectivity index (χ4v) is 6.43. The second-order valence-electron chi connectivity index (χ2n) is 8.52. The van der Waals surface area contributed by atoms with Crippen molar-refractivity contribution >= 4 is 31.5 Å². The Balaban J connectivity index is 1.58. The summed E-state index contributed by atoms with van der Waals surface area (Å²) in [7, 11) is 0. The van der Waals surface area contributed by atoms with Crippen LogP contribution in [0.15, 0.2) is 78.9 Å². The molecule has 1 heteroatoms. The van der Waals surface area contributed by atoms with E-state index in [0.717, 1.165) is 6.42 Å². The Morgan fingerprint density at radius 1 is 0.733 bits per heavy atom. The number of thiophene rings is 1. The molecule has 6 rings (SSSR count). The van der Waals surface area contributed by atoms with Crippen molar-refractivity contribution in [3.63, 3.8) is 0 Å². The van der Waals surface area contributed by atoms with Crippen molar-refractivity contribution in [1.82, 2.24) is 0 Å². The molecule has 1 unspecified atom stereocenters. The molecule has 0 spiro atoms. The molecule has 0 radical (unpaired) electrons. The highest BCUT2D eigenvalue weighted by Gasteiger charge is 2.20. The zero-order valence-corrected chi connectivity index (χ0v) is 18.2. The van der Waals surface area contributed by atoms with Crippen molar-refractivity contribution in [2.24, 2.45) is 0 Å². The molecule has 0 N–H and O–H groups in total. The van der Waals surface area contributed by atoms with Gasteiger partial charge < -0.3 is 0 Å². The summed E-state index contributed by atoms with van der Waals surface area (Å²) in [5, 5.41) is 2.79. The maximum atomic E-state index is 2.41. The first-order valence-corrected chi connectivity index (χ1v) is 11.7. The van der Waals surface area contributed by atoms with Gasteiger partial charge in [0.05, 0.1) is 0 Å². The number of rotatable bonds is 3. The molecule has 4 aromatic carbocycles. The van der Waals surface area contributed by atoms with Crippen LogP contribution in [0.5, 0.6) is 0 Å². The van der Waals surface area contributed by atoms with Crippen LogP contribution in [0, 0.1) is 0 Å². The minimum absolute atomic E-state index is 0.585. The van der Waals surface area contributed by atoms with Gasteiger partial charge in [-0.1, -0.05) is 86.6 Å². The molecule has 0 aliphatic heterocycles. The fourth-order valence-electron chi connectivity index (χ4n) is 4.97. The summed E-state index contributed by atoms with van der Waals surface area (Å²) < 4.78 is 2.87. The first-order chi connectivity index (χ1) is 14.7. The fraction of sp³-hybridized carbons (Fsp3) is 0.172. The van der Waals surface area contributed by atoms with Crippen molar-refractivity contribution in [3.8, 4) is 22.3 Å². The van der Waals surface area contributed by atoms with Crippen LogP contribution in [-0.4, -0.2) is 0 Å². The highest BCUT2D eigenvalue weighted by Crippen LogP contribution is 2.45. The number of benzene rings is 4. The van der Waals surface area contributed by atoms with Crippen LogP contribution in [0.2, 0.25) is 0 Å². The van der Waals surface area contributed by atoms with E-state index >= 15 is 0 Å². The van der Waals surface area contributed by atoms with Gasteiger partial charge in [-0.15, -0.1) is 11.3 Å². The van der Waals surface area contributed by atoms with Crippen molar-refractivity contribution in [3.05, 3.63) is 95.6 Å². The molecule has 1 aliphatic rings. The number of fused-ring (bicyclic) bond motifs is 6. The molecular formula is C29H24S. The standard InChI is InChI=1S/C29H24S/c1-3-18(2)22-10-6-12-25-26-13-7-11-24(29(26)30-28(22)25)21-15-14-20-16-19-8-4-5-9-23(19)27(20)17-21/h4-15,17-18H,3,16H2,1-2H3. The van der Waals surface area contributed by atoms with Gasteiger partial charge in [-0.05, 0) is 63.8 Å². The molecule has 1 aliphatic carbocycles.